The Morgan fingerprint density at radius 2 is 1.82 bits per heavy atom. The number of benzene rings is 1. The average molecular weight is 530 g/mol. The average Bonchev–Trinajstić information content (AvgIpc) is 3.57. The summed E-state index contributed by atoms with van der Waals surface area (Å²) in [5, 5.41) is 23.6. The molecule has 8 rings (SSSR count). The number of thioether (sulfide) groups is 1. The molecule has 0 atom stereocenters. The van der Waals surface area contributed by atoms with Crippen molar-refractivity contribution in [3.63, 3.8) is 0 Å². The van der Waals surface area contributed by atoms with Crippen molar-refractivity contribution in [3.8, 4) is 5.69 Å². The van der Waals surface area contributed by atoms with Gasteiger partial charge in [-0.25, -0.2) is 14.2 Å². The predicted molar refractivity (Wildman–Crippen MR) is 143 cm³/mol. The summed E-state index contributed by atoms with van der Waals surface area (Å²) in [5.41, 5.74) is 2.97. The van der Waals surface area contributed by atoms with Crippen LogP contribution < -0.4 is 10.2 Å². The highest BCUT2D eigenvalue weighted by Crippen LogP contribution is 2.61. The molecule has 4 saturated carbocycles. The number of nitrogens with zero attached hydrogens (tertiary/aromatic N) is 5. The molecule has 10 nitrogen and oxygen atoms in total. The van der Waals surface area contributed by atoms with Gasteiger partial charge in [0.2, 0.25) is 17.5 Å². The third-order valence-corrected chi connectivity index (χ3v) is 9.28. The van der Waals surface area contributed by atoms with E-state index in [-0.39, 0.29) is 28.1 Å². The molecule has 0 unspecified atom stereocenters. The summed E-state index contributed by atoms with van der Waals surface area (Å²) >= 11 is 1.05. The number of hydrogen-bond donors (Lipinski definition) is 2. The van der Waals surface area contributed by atoms with Crippen LogP contribution in [-0.4, -0.2) is 37.1 Å². The van der Waals surface area contributed by atoms with E-state index >= 15 is 0 Å². The van der Waals surface area contributed by atoms with Crippen LogP contribution in [0.1, 0.15) is 56.7 Å². The number of rotatable bonds is 5. The maximum absolute atomic E-state index is 13.5. The third-order valence-electron chi connectivity index (χ3n) is 8.39. The first-order valence-electron chi connectivity index (χ1n) is 13.0. The highest BCUT2D eigenvalue weighted by atomic mass is 32.2. The van der Waals surface area contributed by atoms with Gasteiger partial charge in [-0.1, -0.05) is 18.2 Å². The van der Waals surface area contributed by atoms with Gasteiger partial charge in [-0.15, -0.1) is 0 Å². The number of amides is 2. The van der Waals surface area contributed by atoms with Gasteiger partial charge in [0.25, 0.3) is 5.91 Å². The van der Waals surface area contributed by atoms with Crippen molar-refractivity contribution in [3.05, 3.63) is 52.7 Å². The molecule has 2 aromatic heterocycles. The monoisotopic (exact) mass is 529 g/mol. The summed E-state index contributed by atoms with van der Waals surface area (Å²) in [4.78, 5) is 26.6. The Hall–Kier alpha value is -3.73. The fraction of sp³-hybridized carbons (Fsp3) is 0.407. The number of nitrogens with one attached hydrogen (secondary N) is 2. The van der Waals surface area contributed by atoms with Crippen molar-refractivity contribution < 1.29 is 14.2 Å². The zero-order valence-electron chi connectivity index (χ0n) is 20.9. The Bertz CT molecular complexity index is 1460. The van der Waals surface area contributed by atoms with Gasteiger partial charge in [0, 0.05) is 24.1 Å². The van der Waals surface area contributed by atoms with Gasteiger partial charge in [-0.3, -0.25) is 15.0 Å². The van der Waals surface area contributed by atoms with E-state index in [1.165, 1.54) is 26.2 Å². The molecule has 1 saturated heterocycles. The normalized spacial score (nSPS) is 29.0. The Balaban J connectivity index is 1.29. The summed E-state index contributed by atoms with van der Waals surface area (Å²) in [6, 6.07) is 10.0. The molecule has 3 aromatic rings. The van der Waals surface area contributed by atoms with Gasteiger partial charge in [0.15, 0.2) is 5.17 Å². The standard InChI is InChI=1S/C27H27N7O3S/c1-15(35)29-23-24(32-37-31-23)34-25(36)21(38-26(34)28)10-19-14-33(20-5-3-2-4-6-20)30-22(19)27-11-16-7-17(12-27)9-18(8-16)13-27/h2-6,10,14,16-18,28H,7-9,11-13H2,1H3,(H,29,31,35)/b21-10-,28-26?. The molecular formula is C27H27N7O3S. The SMILES string of the molecule is CC(=O)Nc1nonc1N1C(=N)S/C(=C\c2cn(-c3ccccc3)nc2C23CC4CC(CC(C4)C2)C3)C1=O. The molecule has 4 aliphatic carbocycles. The van der Waals surface area contributed by atoms with E-state index in [1.54, 1.807) is 0 Å². The molecule has 1 aliphatic heterocycles. The maximum Gasteiger partial charge on any atom is 0.272 e. The number of para-hydroxylation sites is 1. The predicted octanol–water partition coefficient (Wildman–Crippen LogP) is 4.74. The van der Waals surface area contributed by atoms with Gasteiger partial charge in [0.1, 0.15) is 0 Å². The van der Waals surface area contributed by atoms with Gasteiger partial charge in [0.05, 0.1) is 16.3 Å². The number of amidine groups is 1. The second kappa shape index (κ2) is 8.65. The first-order valence-corrected chi connectivity index (χ1v) is 13.8. The van der Waals surface area contributed by atoms with Crippen molar-refractivity contribution in [2.24, 2.45) is 17.8 Å². The van der Waals surface area contributed by atoms with Crippen LogP contribution in [0.5, 0.6) is 0 Å². The molecule has 0 spiro atoms. The summed E-state index contributed by atoms with van der Waals surface area (Å²) in [7, 11) is 0. The lowest BCUT2D eigenvalue weighted by molar-refractivity contribution is -0.114. The molecule has 194 valence electrons. The quantitative estimate of drug-likeness (QED) is 0.457. The Labute approximate surface area is 223 Å². The summed E-state index contributed by atoms with van der Waals surface area (Å²) < 4.78 is 6.69. The smallest absolute Gasteiger partial charge is 0.272 e. The number of carbonyl (C=O) groups is 2. The Morgan fingerprint density at radius 1 is 1.13 bits per heavy atom. The lowest BCUT2D eigenvalue weighted by atomic mass is 9.48. The van der Waals surface area contributed by atoms with Crippen LogP contribution >= 0.6 is 11.8 Å². The molecule has 5 aliphatic rings. The fourth-order valence-corrected chi connectivity index (χ4v) is 8.25. The van der Waals surface area contributed by atoms with E-state index < -0.39 is 5.91 Å². The van der Waals surface area contributed by atoms with Crippen LogP contribution in [0.25, 0.3) is 11.8 Å². The Kier molecular flexibility index (Phi) is 5.33. The summed E-state index contributed by atoms with van der Waals surface area (Å²) in [6.45, 7) is 1.33. The van der Waals surface area contributed by atoms with E-state index in [4.69, 9.17) is 15.1 Å². The lowest BCUT2D eigenvalue weighted by Crippen LogP contribution is -2.49. The Morgan fingerprint density at radius 3 is 2.47 bits per heavy atom. The zero-order valence-corrected chi connectivity index (χ0v) is 21.7. The van der Waals surface area contributed by atoms with Crippen LogP contribution in [0, 0.1) is 23.2 Å². The number of aromatic nitrogens is 4. The first kappa shape index (κ1) is 23.4. The summed E-state index contributed by atoms with van der Waals surface area (Å²) in [5.74, 6) is 1.46. The minimum atomic E-state index is -0.411. The van der Waals surface area contributed by atoms with Crippen molar-refractivity contribution in [2.45, 2.75) is 50.9 Å². The molecule has 38 heavy (non-hydrogen) atoms. The second-order valence-electron chi connectivity index (χ2n) is 11.1. The van der Waals surface area contributed by atoms with Crippen LogP contribution in [0.3, 0.4) is 0 Å². The largest absolute Gasteiger partial charge is 0.305 e. The van der Waals surface area contributed by atoms with Crippen molar-refractivity contribution in [1.82, 2.24) is 20.1 Å². The topological polar surface area (TPSA) is 130 Å². The number of hydrogen-bond acceptors (Lipinski definition) is 8. The highest BCUT2D eigenvalue weighted by molar-refractivity contribution is 8.19. The van der Waals surface area contributed by atoms with Crippen LogP contribution in [-0.2, 0) is 15.0 Å². The van der Waals surface area contributed by atoms with Crippen molar-refractivity contribution >= 4 is 46.5 Å². The number of anilines is 2. The van der Waals surface area contributed by atoms with E-state index in [2.05, 4.69) is 15.6 Å². The molecule has 5 fully saturated rings. The maximum atomic E-state index is 13.5. The fourth-order valence-electron chi connectivity index (χ4n) is 7.42. The highest BCUT2D eigenvalue weighted by Gasteiger charge is 2.53. The molecule has 11 heteroatoms. The third kappa shape index (κ3) is 3.79. The van der Waals surface area contributed by atoms with Crippen LogP contribution in [0.4, 0.5) is 11.6 Å². The summed E-state index contributed by atoms with van der Waals surface area (Å²) in [6.07, 6.45) is 11.3. The molecule has 0 radical (unpaired) electrons. The van der Waals surface area contributed by atoms with E-state index in [0.717, 1.165) is 70.6 Å². The lowest BCUT2D eigenvalue weighted by Gasteiger charge is -2.56. The first-order chi connectivity index (χ1) is 18.4. The van der Waals surface area contributed by atoms with Crippen LogP contribution in [0.15, 0.2) is 46.1 Å². The minimum Gasteiger partial charge on any atom is -0.305 e. The van der Waals surface area contributed by atoms with Gasteiger partial charge >= 0.3 is 0 Å². The van der Waals surface area contributed by atoms with Gasteiger partial charge in [-0.05, 0) is 96.6 Å². The van der Waals surface area contributed by atoms with E-state index in [1.807, 2.05) is 47.3 Å². The van der Waals surface area contributed by atoms with E-state index in [9.17, 15) is 9.59 Å². The molecule has 4 bridgehead atoms. The molecule has 2 N–H and O–H groups in total. The minimum absolute atomic E-state index is 0.00334. The van der Waals surface area contributed by atoms with E-state index in [0.29, 0.717) is 4.91 Å². The van der Waals surface area contributed by atoms with Gasteiger partial charge < -0.3 is 5.32 Å². The second-order valence-corrected chi connectivity index (χ2v) is 12.1. The molecule has 3 heterocycles. The molecular weight excluding hydrogens is 502 g/mol. The van der Waals surface area contributed by atoms with Crippen molar-refractivity contribution in [1.29, 1.82) is 5.41 Å². The van der Waals surface area contributed by atoms with Crippen LogP contribution in [0.2, 0.25) is 0 Å². The molecule has 1 aromatic carbocycles. The van der Waals surface area contributed by atoms with Crippen molar-refractivity contribution in [2.75, 3.05) is 10.2 Å². The number of carbonyl (C=O) groups excluding carboxylic acids is 2. The van der Waals surface area contributed by atoms with Gasteiger partial charge in [-0.2, -0.15) is 5.10 Å². The zero-order chi connectivity index (χ0) is 26.0. The molecule has 2 amide bonds.